The quantitative estimate of drug-likeness (QED) is 0.483. The van der Waals surface area contributed by atoms with Gasteiger partial charge in [0.25, 0.3) is 0 Å². The first kappa shape index (κ1) is 21.1. The van der Waals surface area contributed by atoms with Crippen LogP contribution < -0.4 is 14.9 Å². The van der Waals surface area contributed by atoms with Gasteiger partial charge >= 0.3 is 12.6 Å². The Balaban J connectivity index is 2.15. The molecule has 0 unspecified atom stereocenters. The van der Waals surface area contributed by atoms with Gasteiger partial charge in [0.15, 0.2) is 11.0 Å². The second-order valence-corrected chi connectivity index (χ2v) is 7.00. The minimum absolute atomic E-state index is 0.0118. The van der Waals surface area contributed by atoms with E-state index in [2.05, 4.69) is 20.7 Å². The number of carboxylic acids is 1. The Hall–Kier alpha value is -2.65. The van der Waals surface area contributed by atoms with Gasteiger partial charge in [-0.25, -0.2) is 0 Å². The highest BCUT2D eigenvalue weighted by atomic mass is 79.9. The minimum Gasteiger partial charge on any atom is -0.492 e. The maximum absolute atomic E-state index is 12.9. The molecule has 1 heterocycles. The van der Waals surface area contributed by atoms with Crippen LogP contribution in [0.5, 0.6) is 11.5 Å². The fourth-order valence-electron chi connectivity index (χ4n) is 2.56. The first-order valence-electron chi connectivity index (χ1n) is 8.12. The topological polar surface area (TPSA) is 86.0 Å². The lowest BCUT2D eigenvalue weighted by molar-refractivity contribution is -0.137. The highest BCUT2D eigenvalue weighted by Gasteiger charge is 2.19. The Kier molecular flexibility index (Phi) is 6.39. The number of halogens is 4. The first-order chi connectivity index (χ1) is 13.8. The monoisotopic (exact) mass is 488 g/mol. The average Bonchev–Trinajstić information content (AvgIpc) is 2.63. The van der Waals surface area contributed by atoms with Crippen molar-refractivity contribution in [1.29, 1.82) is 0 Å². The number of ether oxygens (including phenoxy) is 2. The molecule has 3 aromatic rings. The third-order valence-corrected chi connectivity index (χ3v) is 4.71. The summed E-state index contributed by atoms with van der Waals surface area (Å²) in [6, 6.07) is 8.28. The number of carboxylic acid groups (broad SMARTS) is 1. The molecule has 0 atom stereocenters. The number of rotatable bonds is 7. The summed E-state index contributed by atoms with van der Waals surface area (Å²) in [5, 5.41) is 9.14. The van der Waals surface area contributed by atoms with Gasteiger partial charge in [0.05, 0.1) is 33.5 Å². The lowest BCUT2D eigenvalue weighted by atomic mass is 10.1. The number of para-hydroxylation sites is 1. The Bertz CT molecular complexity index is 1130. The van der Waals surface area contributed by atoms with Gasteiger partial charge in [0.1, 0.15) is 17.3 Å². The number of hydrogen-bond acceptors (Lipinski definition) is 5. The predicted octanol–water partition coefficient (Wildman–Crippen LogP) is 5.33. The number of hydrogen-bond donors (Lipinski definition) is 1. The van der Waals surface area contributed by atoms with Crippen LogP contribution in [0.4, 0.5) is 8.78 Å². The summed E-state index contributed by atoms with van der Waals surface area (Å²) in [4.78, 5) is 23.1. The summed E-state index contributed by atoms with van der Waals surface area (Å²) < 4.78 is 41.7. The Labute approximate surface area is 175 Å². The molecule has 6 nitrogen and oxygen atoms in total. The molecule has 0 aliphatic rings. The van der Waals surface area contributed by atoms with E-state index in [1.54, 1.807) is 6.07 Å². The van der Waals surface area contributed by atoms with Crippen LogP contribution in [0.2, 0.25) is 5.02 Å². The molecular weight excluding hydrogens is 478 g/mol. The van der Waals surface area contributed by atoms with E-state index in [-0.39, 0.29) is 56.3 Å². The zero-order valence-corrected chi connectivity index (χ0v) is 16.8. The van der Waals surface area contributed by atoms with Gasteiger partial charge in [0, 0.05) is 6.07 Å². The van der Waals surface area contributed by atoms with Gasteiger partial charge in [-0.1, -0.05) is 17.7 Å². The lowest BCUT2D eigenvalue weighted by Crippen LogP contribution is -2.07. The van der Waals surface area contributed by atoms with Gasteiger partial charge < -0.3 is 19.0 Å². The largest absolute Gasteiger partial charge is 0.492 e. The molecule has 0 amide bonds. The predicted molar refractivity (Wildman–Crippen MR) is 105 cm³/mol. The van der Waals surface area contributed by atoms with E-state index < -0.39 is 18.0 Å². The van der Waals surface area contributed by atoms with Gasteiger partial charge in [-0.2, -0.15) is 8.78 Å². The summed E-state index contributed by atoms with van der Waals surface area (Å²) >= 11 is 9.26. The molecule has 10 heteroatoms. The van der Waals surface area contributed by atoms with E-state index in [9.17, 15) is 18.4 Å². The molecule has 0 saturated heterocycles. The third-order valence-electron chi connectivity index (χ3n) is 3.80. The van der Waals surface area contributed by atoms with Gasteiger partial charge in [-0.15, -0.1) is 0 Å². The normalized spacial score (nSPS) is 11.1. The number of carbonyl (C=O) groups is 1. The van der Waals surface area contributed by atoms with E-state index in [0.717, 1.165) is 6.07 Å². The minimum atomic E-state index is -3.13. The molecule has 3 rings (SSSR count). The molecule has 0 saturated carbocycles. The van der Waals surface area contributed by atoms with Crippen molar-refractivity contribution in [2.75, 3.05) is 6.61 Å². The molecule has 1 aromatic heterocycles. The van der Waals surface area contributed by atoms with Crippen LogP contribution >= 0.6 is 27.5 Å². The zero-order chi connectivity index (χ0) is 21.1. The second-order valence-electron chi connectivity index (χ2n) is 5.74. The Morgan fingerprint density at radius 3 is 2.69 bits per heavy atom. The van der Waals surface area contributed by atoms with E-state index in [1.807, 2.05) is 0 Å². The molecular formula is C19H12BrClF2O6. The summed E-state index contributed by atoms with van der Waals surface area (Å²) in [7, 11) is 0. The molecule has 2 aromatic carbocycles. The van der Waals surface area contributed by atoms with Crippen LogP contribution in [0, 0.1) is 0 Å². The van der Waals surface area contributed by atoms with Crippen molar-refractivity contribution in [3.05, 3.63) is 56.1 Å². The van der Waals surface area contributed by atoms with Crippen LogP contribution in [0.25, 0.3) is 22.3 Å². The smallest absolute Gasteiger partial charge is 0.387 e. The Morgan fingerprint density at radius 2 is 2.00 bits per heavy atom. The van der Waals surface area contributed by atoms with E-state index in [4.69, 9.17) is 25.9 Å². The Morgan fingerprint density at radius 1 is 1.24 bits per heavy atom. The molecule has 0 fully saturated rings. The third kappa shape index (κ3) is 4.86. The molecule has 0 spiro atoms. The number of aliphatic carboxylic acids is 1. The maximum atomic E-state index is 12.9. The molecule has 0 bridgehead atoms. The maximum Gasteiger partial charge on any atom is 0.387 e. The highest BCUT2D eigenvalue weighted by Crippen LogP contribution is 2.40. The zero-order valence-electron chi connectivity index (χ0n) is 14.5. The van der Waals surface area contributed by atoms with E-state index in [0.29, 0.717) is 0 Å². The number of fused-ring (bicyclic) bond motifs is 1. The fraction of sp³-hybridized carbons (Fsp3) is 0.158. The fourth-order valence-corrected chi connectivity index (χ4v) is 3.21. The molecule has 0 radical (unpaired) electrons. The van der Waals surface area contributed by atoms with Crippen molar-refractivity contribution in [3.8, 4) is 22.8 Å². The van der Waals surface area contributed by atoms with Crippen LogP contribution in [0.1, 0.15) is 6.42 Å². The van der Waals surface area contributed by atoms with Crippen LogP contribution in [-0.2, 0) is 4.79 Å². The van der Waals surface area contributed by atoms with Gasteiger partial charge in [-0.3, -0.25) is 9.59 Å². The van der Waals surface area contributed by atoms with Crippen molar-refractivity contribution < 1.29 is 32.6 Å². The van der Waals surface area contributed by atoms with Crippen LogP contribution in [0.3, 0.4) is 0 Å². The summed E-state index contributed by atoms with van der Waals surface area (Å²) in [5.41, 5.74) is -0.323. The van der Waals surface area contributed by atoms with E-state index in [1.165, 1.54) is 24.3 Å². The SMILES string of the molecule is O=C(O)CCOc1cc(-c2cc(=O)c3cccc(Cl)c3o2)c(OC(F)F)cc1Br. The lowest BCUT2D eigenvalue weighted by Gasteiger charge is -2.15. The van der Waals surface area contributed by atoms with Gasteiger partial charge in [0.2, 0.25) is 0 Å². The number of benzene rings is 2. The van der Waals surface area contributed by atoms with Crippen molar-refractivity contribution in [2.45, 2.75) is 13.0 Å². The standard InChI is InChI=1S/C19H12BrClF2O6/c20-11-7-14(29-19(22)23)10(6-16(11)27-5-4-17(25)26)15-8-13(24)9-2-1-3-12(21)18(9)28-15/h1-3,6-8,19H,4-5H2,(H,25,26). The van der Waals surface area contributed by atoms with E-state index >= 15 is 0 Å². The average molecular weight is 490 g/mol. The second kappa shape index (κ2) is 8.79. The van der Waals surface area contributed by atoms with Crippen molar-refractivity contribution in [3.63, 3.8) is 0 Å². The molecule has 152 valence electrons. The highest BCUT2D eigenvalue weighted by molar-refractivity contribution is 9.10. The molecule has 1 N–H and O–H groups in total. The molecule has 0 aliphatic carbocycles. The van der Waals surface area contributed by atoms with Gasteiger partial charge in [-0.05, 0) is 40.2 Å². The van der Waals surface area contributed by atoms with Crippen LogP contribution in [0.15, 0.2) is 50.1 Å². The summed E-state index contributed by atoms with van der Waals surface area (Å²) in [6.45, 7) is -3.29. The summed E-state index contributed by atoms with van der Waals surface area (Å²) in [5.74, 6) is -1.24. The summed E-state index contributed by atoms with van der Waals surface area (Å²) in [6.07, 6.45) is -0.266. The van der Waals surface area contributed by atoms with Crippen molar-refractivity contribution >= 4 is 44.5 Å². The first-order valence-corrected chi connectivity index (χ1v) is 9.29. The molecule has 29 heavy (non-hydrogen) atoms. The van der Waals surface area contributed by atoms with Crippen molar-refractivity contribution in [1.82, 2.24) is 0 Å². The molecule has 0 aliphatic heterocycles. The van der Waals surface area contributed by atoms with Crippen LogP contribution in [-0.4, -0.2) is 24.3 Å². The number of alkyl halides is 2. The van der Waals surface area contributed by atoms with Crippen molar-refractivity contribution in [2.24, 2.45) is 0 Å².